The molecular formula is C19H24ClN3O. The summed E-state index contributed by atoms with van der Waals surface area (Å²) >= 11 is 6.04. The van der Waals surface area contributed by atoms with Crippen LogP contribution in [0, 0.1) is 13.8 Å². The maximum Gasteiger partial charge on any atom is 0.0644 e. The van der Waals surface area contributed by atoms with Crippen molar-refractivity contribution in [2.75, 3.05) is 6.61 Å². The Balaban J connectivity index is 1.63. The molecule has 2 aromatic rings. The van der Waals surface area contributed by atoms with Crippen LogP contribution in [0.3, 0.4) is 0 Å². The van der Waals surface area contributed by atoms with Crippen LogP contribution in [-0.2, 0) is 13.1 Å². The fourth-order valence-corrected chi connectivity index (χ4v) is 3.73. The average Bonchev–Trinajstić information content (AvgIpc) is 3.11. The lowest BCUT2D eigenvalue weighted by atomic mass is 9.96. The fraction of sp³-hybridized carbons (Fsp3) is 0.421. The SMILES string of the molecule is Cc1nn(CCO)c(C)c1[C@@H]1C=C[C@@H](NCc2cccc(Cl)c2)C1. The van der Waals surface area contributed by atoms with Crippen LogP contribution in [0.25, 0.3) is 0 Å². The molecule has 0 amide bonds. The highest BCUT2D eigenvalue weighted by molar-refractivity contribution is 6.30. The molecule has 0 saturated heterocycles. The second kappa shape index (κ2) is 7.51. The quantitative estimate of drug-likeness (QED) is 0.789. The first kappa shape index (κ1) is 17.2. The number of benzene rings is 1. The van der Waals surface area contributed by atoms with Gasteiger partial charge in [-0.05, 0) is 38.0 Å². The predicted octanol–water partition coefficient (Wildman–Crippen LogP) is 3.35. The Morgan fingerprint density at radius 2 is 2.17 bits per heavy atom. The highest BCUT2D eigenvalue weighted by atomic mass is 35.5. The molecule has 1 aromatic heterocycles. The Kier molecular flexibility index (Phi) is 5.39. The van der Waals surface area contributed by atoms with E-state index in [-0.39, 0.29) is 6.61 Å². The number of aliphatic hydroxyl groups is 1. The lowest BCUT2D eigenvalue weighted by Crippen LogP contribution is -2.25. The Bertz CT molecular complexity index is 738. The van der Waals surface area contributed by atoms with Gasteiger partial charge in [0.05, 0.1) is 18.8 Å². The molecule has 5 heteroatoms. The van der Waals surface area contributed by atoms with Crippen LogP contribution in [-0.4, -0.2) is 27.5 Å². The molecule has 0 bridgehead atoms. The Hall–Kier alpha value is -1.62. The van der Waals surface area contributed by atoms with Crippen LogP contribution in [0.4, 0.5) is 0 Å². The third-order valence-electron chi connectivity index (χ3n) is 4.66. The molecule has 2 atom stereocenters. The summed E-state index contributed by atoms with van der Waals surface area (Å²) in [6.45, 7) is 5.62. The number of aryl methyl sites for hydroxylation is 1. The van der Waals surface area contributed by atoms with E-state index >= 15 is 0 Å². The second-order valence-corrected chi connectivity index (χ2v) is 6.81. The van der Waals surface area contributed by atoms with E-state index in [0.29, 0.717) is 18.5 Å². The van der Waals surface area contributed by atoms with Gasteiger partial charge in [-0.25, -0.2) is 0 Å². The summed E-state index contributed by atoms with van der Waals surface area (Å²) in [7, 11) is 0. The van der Waals surface area contributed by atoms with Crippen LogP contribution in [0.1, 0.15) is 34.9 Å². The molecule has 0 aliphatic heterocycles. The summed E-state index contributed by atoms with van der Waals surface area (Å²) < 4.78 is 1.91. The first-order chi connectivity index (χ1) is 11.6. The van der Waals surface area contributed by atoms with Crippen molar-refractivity contribution in [1.82, 2.24) is 15.1 Å². The van der Waals surface area contributed by atoms with E-state index in [1.54, 1.807) is 0 Å². The Morgan fingerprint density at radius 3 is 2.92 bits per heavy atom. The lowest BCUT2D eigenvalue weighted by molar-refractivity contribution is 0.267. The minimum Gasteiger partial charge on any atom is -0.394 e. The van der Waals surface area contributed by atoms with Crippen molar-refractivity contribution in [2.24, 2.45) is 0 Å². The highest BCUT2D eigenvalue weighted by Gasteiger charge is 2.25. The third-order valence-corrected chi connectivity index (χ3v) is 4.90. The summed E-state index contributed by atoms with van der Waals surface area (Å²) in [4.78, 5) is 0. The van der Waals surface area contributed by atoms with Gasteiger partial charge in [-0.3, -0.25) is 4.68 Å². The van der Waals surface area contributed by atoms with Crippen LogP contribution >= 0.6 is 11.6 Å². The molecule has 0 fully saturated rings. The summed E-state index contributed by atoms with van der Waals surface area (Å²) in [5, 5.41) is 18.1. The van der Waals surface area contributed by atoms with E-state index in [2.05, 4.69) is 42.5 Å². The Morgan fingerprint density at radius 1 is 1.33 bits per heavy atom. The number of hydrogen-bond donors (Lipinski definition) is 2. The van der Waals surface area contributed by atoms with Gasteiger partial charge in [0, 0.05) is 34.8 Å². The fourth-order valence-electron chi connectivity index (χ4n) is 3.52. The largest absolute Gasteiger partial charge is 0.394 e. The van der Waals surface area contributed by atoms with Crippen molar-refractivity contribution in [1.29, 1.82) is 0 Å². The molecule has 0 spiro atoms. The van der Waals surface area contributed by atoms with Gasteiger partial charge >= 0.3 is 0 Å². The second-order valence-electron chi connectivity index (χ2n) is 6.38. The van der Waals surface area contributed by atoms with Crippen molar-refractivity contribution >= 4 is 11.6 Å². The number of rotatable bonds is 6. The van der Waals surface area contributed by atoms with Gasteiger partial charge in [-0.2, -0.15) is 5.10 Å². The maximum atomic E-state index is 9.16. The number of nitrogens with zero attached hydrogens (tertiary/aromatic N) is 2. The molecule has 0 saturated carbocycles. The number of aromatic nitrogens is 2. The van der Waals surface area contributed by atoms with E-state index in [4.69, 9.17) is 16.7 Å². The van der Waals surface area contributed by atoms with E-state index in [1.165, 1.54) is 11.1 Å². The van der Waals surface area contributed by atoms with Gasteiger partial charge in [-0.1, -0.05) is 35.9 Å². The molecule has 1 aliphatic carbocycles. The number of hydrogen-bond acceptors (Lipinski definition) is 3. The van der Waals surface area contributed by atoms with E-state index in [0.717, 1.165) is 29.4 Å². The monoisotopic (exact) mass is 345 g/mol. The molecule has 0 unspecified atom stereocenters. The third kappa shape index (κ3) is 3.72. The minimum absolute atomic E-state index is 0.117. The van der Waals surface area contributed by atoms with Crippen LogP contribution in [0.15, 0.2) is 36.4 Å². The summed E-state index contributed by atoms with van der Waals surface area (Å²) in [5.74, 6) is 0.384. The van der Waals surface area contributed by atoms with E-state index < -0.39 is 0 Å². The summed E-state index contributed by atoms with van der Waals surface area (Å²) in [6.07, 6.45) is 5.56. The van der Waals surface area contributed by atoms with E-state index in [9.17, 15) is 0 Å². The molecule has 128 valence electrons. The van der Waals surface area contributed by atoms with Crippen molar-refractivity contribution in [3.05, 3.63) is 64.0 Å². The molecule has 1 aliphatic rings. The van der Waals surface area contributed by atoms with Gasteiger partial charge in [0.15, 0.2) is 0 Å². The van der Waals surface area contributed by atoms with Crippen molar-refractivity contribution in [3.8, 4) is 0 Å². The van der Waals surface area contributed by atoms with Crippen molar-refractivity contribution < 1.29 is 5.11 Å². The highest BCUT2D eigenvalue weighted by Crippen LogP contribution is 2.33. The topological polar surface area (TPSA) is 50.1 Å². The lowest BCUT2D eigenvalue weighted by Gasteiger charge is -2.15. The predicted molar refractivity (Wildman–Crippen MR) is 97.4 cm³/mol. The van der Waals surface area contributed by atoms with Gasteiger partial charge < -0.3 is 10.4 Å². The zero-order valence-corrected chi connectivity index (χ0v) is 14.9. The normalized spacial score (nSPS) is 20.0. The molecule has 1 heterocycles. The number of nitrogens with one attached hydrogen (secondary N) is 1. The zero-order chi connectivity index (χ0) is 17.1. The number of allylic oxidation sites excluding steroid dienone is 1. The van der Waals surface area contributed by atoms with Gasteiger partial charge in [-0.15, -0.1) is 0 Å². The molecule has 3 rings (SSSR count). The minimum atomic E-state index is 0.117. The van der Waals surface area contributed by atoms with Crippen LogP contribution in [0.2, 0.25) is 5.02 Å². The molecule has 1 aromatic carbocycles. The van der Waals surface area contributed by atoms with E-state index in [1.807, 2.05) is 22.9 Å². The molecule has 0 radical (unpaired) electrons. The average molecular weight is 346 g/mol. The van der Waals surface area contributed by atoms with Crippen LogP contribution in [0.5, 0.6) is 0 Å². The maximum absolute atomic E-state index is 9.16. The first-order valence-corrected chi connectivity index (χ1v) is 8.77. The summed E-state index contributed by atoms with van der Waals surface area (Å²) in [6, 6.07) is 8.32. The standard InChI is InChI=1S/C19H24ClN3O/c1-13-19(14(2)23(22-13)8-9-24)16-6-7-18(11-16)21-12-15-4-3-5-17(20)10-15/h3-7,10,16,18,21,24H,8-9,11-12H2,1-2H3/t16-,18-/m1/s1. The molecule has 4 nitrogen and oxygen atoms in total. The smallest absolute Gasteiger partial charge is 0.0644 e. The van der Waals surface area contributed by atoms with Crippen molar-refractivity contribution in [2.45, 2.75) is 45.3 Å². The molecular weight excluding hydrogens is 322 g/mol. The van der Waals surface area contributed by atoms with Gasteiger partial charge in [0.1, 0.15) is 0 Å². The molecule has 24 heavy (non-hydrogen) atoms. The number of aliphatic hydroxyl groups excluding tert-OH is 1. The van der Waals surface area contributed by atoms with Gasteiger partial charge in [0.2, 0.25) is 0 Å². The number of halogens is 1. The van der Waals surface area contributed by atoms with Gasteiger partial charge in [0.25, 0.3) is 0 Å². The molecule has 2 N–H and O–H groups in total. The first-order valence-electron chi connectivity index (χ1n) is 8.39. The Labute approximate surface area is 148 Å². The van der Waals surface area contributed by atoms with Crippen LogP contribution < -0.4 is 5.32 Å². The van der Waals surface area contributed by atoms with Crippen molar-refractivity contribution in [3.63, 3.8) is 0 Å². The zero-order valence-electron chi connectivity index (χ0n) is 14.2. The summed E-state index contributed by atoms with van der Waals surface area (Å²) in [5.41, 5.74) is 4.71.